The van der Waals surface area contributed by atoms with Crippen molar-refractivity contribution in [2.24, 2.45) is 0 Å². The Kier molecular flexibility index (Phi) is 3.54. The highest BCUT2D eigenvalue weighted by Gasteiger charge is 2.18. The Labute approximate surface area is 112 Å². The minimum atomic E-state index is -3.75. The topological polar surface area (TPSA) is 70.0 Å². The summed E-state index contributed by atoms with van der Waals surface area (Å²) in [4.78, 5) is -0.0148. The number of hydrogen-bond donors (Lipinski definition) is 1. The number of aryl methyl sites for hydroxylation is 1. The normalized spacial score (nSPS) is 10.7. The molecule has 0 bridgehead atoms. The molecule has 2 aromatic rings. The van der Waals surface area contributed by atoms with Gasteiger partial charge in [0, 0.05) is 5.69 Å². The highest BCUT2D eigenvalue weighted by molar-refractivity contribution is 7.92. The number of sulfonamides is 1. The Balaban J connectivity index is 2.41. The van der Waals surface area contributed by atoms with Gasteiger partial charge < -0.3 is 0 Å². The summed E-state index contributed by atoms with van der Waals surface area (Å²) in [6.45, 7) is 1.88. The van der Waals surface area contributed by atoms with Gasteiger partial charge in [0.05, 0.1) is 5.56 Å². The summed E-state index contributed by atoms with van der Waals surface area (Å²) in [5, 5.41) is 8.95. The monoisotopic (exact) mass is 272 g/mol. The molecule has 0 radical (unpaired) electrons. The van der Waals surface area contributed by atoms with Crippen LogP contribution < -0.4 is 4.72 Å². The third kappa shape index (κ3) is 2.92. The summed E-state index contributed by atoms with van der Waals surface area (Å²) in [6.07, 6.45) is 0. The first-order valence-corrected chi connectivity index (χ1v) is 7.10. The zero-order valence-corrected chi connectivity index (χ0v) is 11.1. The molecule has 2 rings (SSSR count). The molecular formula is C14H12N2O2S. The summed E-state index contributed by atoms with van der Waals surface area (Å²) in [5.74, 6) is 0. The molecule has 0 saturated carbocycles. The second kappa shape index (κ2) is 5.12. The van der Waals surface area contributed by atoms with Crippen LogP contribution in [0.5, 0.6) is 0 Å². The van der Waals surface area contributed by atoms with Crippen LogP contribution in [0.25, 0.3) is 0 Å². The average Bonchev–Trinajstić information content (AvgIpc) is 2.38. The third-order valence-electron chi connectivity index (χ3n) is 2.57. The minimum absolute atomic E-state index is 0.0148. The van der Waals surface area contributed by atoms with E-state index in [2.05, 4.69) is 4.72 Å². The van der Waals surface area contributed by atoms with Crippen molar-refractivity contribution in [3.63, 3.8) is 0 Å². The SMILES string of the molecule is Cc1cccc(NS(=O)(=O)c2ccccc2C#N)c1. The molecule has 0 unspecified atom stereocenters. The maximum absolute atomic E-state index is 12.2. The largest absolute Gasteiger partial charge is 0.280 e. The highest BCUT2D eigenvalue weighted by Crippen LogP contribution is 2.19. The van der Waals surface area contributed by atoms with E-state index in [1.807, 2.05) is 19.1 Å². The quantitative estimate of drug-likeness (QED) is 0.933. The fourth-order valence-electron chi connectivity index (χ4n) is 1.71. The van der Waals surface area contributed by atoms with Crippen molar-refractivity contribution >= 4 is 15.7 Å². The van der Waals surface area contributed by atoms with Gasteiger partial charge in [-0.05, 0) is 36.8 Å². The summed E-state index contributed by atoms with van der Waals surface area (Å²) in [7, 11) is -3.75. The molecule has 0 spiro atoms. The molecule has 5 heteroatoms. The van der Waals surface area contributed by atoms with Crippen LogP contribution in [0.3, 0.4) is 0 Å². The predicted molar refractivity (Wildman–Crippen MR) is 73.1 cm³/mol. The van der Waals surface area contributed by atoms with Crippen molar-refractivity contribution < 1.29 is 8.42 Å². The lowest BCUT2D eigenvalue weighted by Crippen LogP contribution is -2.14. The van der Waals surface area contributed by atoms with Crippen molar-refractivity contribution in [1.29, 1.82) is 5.26 Å². The van der Waals surface area contributed by atoms with Gasteiger partial charge in [0.15, 0.2) is 0 Å². The van der Waals surface area contributed by atoms with Gasteiger partial charge in [0.1, 0.15) is 11.0 Å². The van der Waals surface area contributed by atoms with Crippen molar-refractivity contribution in [2.75, 3.05) is 4.72 Å². The fraction of sp³-hybridized carbons (Fsp3) is 0.0714. The molecule has 0 aromatic heterocycles. The van der Waals surface area contributed by atoms with Gasteiger partial charge >= 0.3 is 0 Å². The molecule has 1 N–H and O–H groups in total. The van der Waals surface area contributed by atoms with Gasteiger partial charge in [-0.1, -0.05) is 24.3 Å². The van der Waals surface area contributed by atoms with E-state index in [0.29, 0.717) is 5.69 Å². The number of nitrogens with zero attached hydrogens (tertiary/aromatic N) is 1. The molecule has 0 aliphatic carbocycles. The van der Waals surface area contributed by atoms with Crippen LogP contribution in [0.4, 0.5) is 5.69 Å². The summed E-state index contributed by atoms with van der Waals surface area (Å²) >= 11 is 0. The van der Waals surface area contributed by atoms with E-state index in [0.717, 1.165) is 5.56 Å². The molecule has 96 valence electrons. The van der Waals surface area contributed by atoms with Crippen LogP contribution in [0, 0.1) is 18.3 Å². The van der Waals surface area contributed by atoms with Crippen molar-refractivity contribution in [3.05, 3.63) is 59.7 Å². The van der Waals surface area contributed by atoms with Crippen LogP contribution in [-0.2, 0) is 10.0 Å². The number of nitrogens with one attached hydrogen (secondary N) is 1. The van der Waals surface area contributed by atoms with Crippen LogP contribution in [0.2, 0.25) is 0 Å². The van der Waals surface area contributed by atoms with E-state index >= 15 is 0 Å². The lowest BCUT2D eigenvalue weighted by molar-refractivity contribution is 0.601. The Bertz CT molecular complexity index is 746. The molecule has 19 heavy (non-hydrogen) atoms. The lowest BCUT2D eigenvalue weighted by atomic mass is 10.2. The molecule has 0 aliphatic rings. The van der Waals surface area contributed by atoms with Gasteiger partial charge in [0.25, 0.3) is 10.0 Å². The Morgan fingerprint density at radius 3 is 2.53 bits per heavy atom. The molecular weight excluding hydrogens is 260 g/mol. The second-order valence-electron chi connectivity index (χ2n) is 4.08. The Morgan fingerprint density at radius 1 is 1.11 bits per heavy atom. The van der Waals surface area contributed by atoms with E-state index < -0.39 is 10.0 Å². The Hall–Kier alpha value is -2.32. The average molecular weight is 272 g/mol. The zero-order valence-electron chi connectivity index (χ0n) is 10.3. The predicted octanol–water partition coefficient (Wildman–Crippen LogP) is 2.67. The standard InChI is InChI=1S/C14H12N2O2S/c1-11-5-4-7-13(9-11)16-19(17,18)14-8-3-2-6-12(14)10-15/h2-9,16H,1H3. The number of benzene rings is 2. The van der Waals surface area contributed by atoms with E-state index in [4.69, 9.17) is 5.26 Å². The number of hydrogen-bond acceptors (Lipinski definition) is 3. The molecule has 0 amide bonds. The number of nitriles is 1. The first kappa shape index (κ1) is 13.1. The maximum Gasteiger partial charge on any atom is 0.263 e. The summed E-state index contributed by atoms with van der Waals surface area (Å²) < 4.78 is 26.9. The summed E-state index contributed by atoms with van der Waals surface area (Å²) in [6, 6.07) is 15.0. The van der Waals surface area contributed by atoms with Gasteiger partial charge in [-0.15, -0.1) is 0 Å². The molecule has 0 saturated heterocycles. The maximum atomic E-state index is 12.2. The smallest absolute Gasteiger partial charge is 0.263 e. The second-order valence-corrected chi connectivity index (χ2v) is 5.73. The van der Waals surface area contributed by atoms with Gasteiger partial charge in [-0.2, -0.15) is 5.26 Å². The van der Waals surface area contributed by atoms with E-state index in [1.54, 1.807) is 30.3 Å². The van der Waals surface area contributed by atoms with Crippen LogP contribution in [0.15, 0.2) is 53.4 Å². The van der Waals surface area contributed by atoms with E-state index in [9.17, 15) is 8.42 Å². The highest BCUT2D eigenvalue weighted by atomic mass is 32.2. The first-order valence-electron chi connectivity index (χ1n) is 5.61. The number of rotatable bonds is 3. The molecule has 0 atom stereocenters. The van der Waals surface area contributed by atoms with Crippen molar-refractivity contribution in [2.45, 2.75) is 11.8 Å². The van der Waals surface area contributed by atoms with Crippen molar-refractivity contribution in [3.8, 4) is 6.07 Å². The van der Waals surface area contributed by atoms with Crippen molar-refractivity contribution in [1.82, 2.24) is 0 Å². The van der Waals surface area contributed by atoms with E-state index in [1.165, 1.54) is 12.1 Å². The fourth-order valence-corrected chi connectivity index (χ4v) is 2.92. The van der Waals surface area contributed by atoms with Crippen LogP contribution in [-0.4, -0.2) is 8.42 Å². The molecule has 2 aromatic carbocycles. The molecule has 0 heterocycles. The third-order valence-corrected chi connectivity index (χ3v) is 4.01. The lowest BCUT2D eigenvalue weighted by Gasteiger charge is -2.09. The van der Waals surface area contributed by atoms with Crippen LogP contribution >= 0.6 is 0 Å². The van der Waals surface area contributed by atoms with Gasteiger partial charge in [-0.25, -0.2) is 8.42 Å². The number of anilines is 1. The van der Waals surface area contributed by atoms with Crippen LogP contribution in [0.1, 0.15) is 11.1 Å². The Morgan fingerprint density at radius 2 is 1.84 bits per heavy atom. The van der Waals surface area contributed by atoms with E-state index in [-0.39, 0.29) is 10.5 Å². The minimum Gasteiger partial charge on any atom is -0.280 e. The molecule has 0 fully saturated rings. The molecule has 4 nitrogen and oxygen atoms in total. The molecule has 0 aliphatic heterocycles. The summed E-state index contributed by atoms with van der Waals surface area (Å²) in [5.41, 5.74) is 1.56. The van der Waals surface area contributed by atoms with Gasteiger partial charge in [-0.3, -0.25) is 4.72 Å². The van der Waals surface area contributed by atoms with Gasteiger partial charge in [0.2, 0.25) is 0 Å². The first-order chi connectivity index (χ1) is 9.03. The zero-order chi connectivity index (χ0) is 13.9.